The summed E-state index contributed by atoms with van der Waals surface area (Å²) >= 11 is 5.73. The Morgan fingerprint density at radius 3 is 1.90 bits per heavy atom. The van der Waals surface area contributed by atoms with E-state index in [1.807, 2.05) is 12.1 Å². The van der Waals surface area contributed by atoms with E-state index < -0.39 is 0 Å². The Morgan fingerprint density at radius 1 is 0.677 bits per heavy atom. The van der Waals surface area contributed by atoms with Gasteiger partial charge in [-0.2, -0.15) is 0 Å². The van der Waals surface area contributed by atoms with Gasteiger partial charge in [0.2, 0.25) is 0 Å². The monoisotopic (exact) mass is 448 g/mol. The SMILES string of the molecule is CCCCCCCCOc1c(OC)cc(OCCCCCCCCCl)c2ccccc12. The summed E-state index contributed by atoms with van der Waals surface area (Å²) in [7, 11) is 1.70. The molecule has 0 spiro atoms. The molecule has 0 N–H and O–H groups in total. The second kappa shape index (κ2) is 16.1. The van der Waals surface area contributed by atoms with Gasteiger partial charge in [-0.15, -0.1) is 11.6 Å². The zero-order valence-electron chi connectivity index (χ0n) is 19.6. The number of unbranched alkanes of at least 4 members (excludes halogenated alkanes) is 10. The lowest BCUT2D eigenvalue weighted by Crippen LogP contribution is -2.03. The Bertz CT molecular complexity index is 732. The van der Waals surface area contributed by atoms with Crippen LogP contribution in [0.2, 0.25) is 0 Å². The summed E-state index contributed by atoms with van der Waals surface area (Å²) in [5, 5.41) is 2.15. The summed E-state index contributed by atoms with van der Waals surface area (Å²) in [6.07, 6.45) is 14.6. The number of methoxy groups -OCH3 is 1. The summed E-state index contributed by atoms with van der Waals surface area (Å²) < 4.78 is 18.0. The van der Waals surface area contributed by atoms with Crippen LogP contribution in [-0.4, -0.2) is 26.2 Å². The minimum atomic E-state index is 0.719. The van der Waals surface area contributed by atoms with Crippen molar-refractivity contribution >= 4 is 22.4 Å². The molecular formula is C27H41ClO3. The Kier molecular flexibility index (Phi) is 13.3. The van der Waals surface area contributed by atoms with Gasteiger partial charge in [-0.25, -0.2) is 0 Å². The van der Waals surface area contributed by atoms with E-state index in [1.165, 1.54) is 57.8 Å². The van der Waals surface area contributed by atoms with Crippen LogP contribution in [0, 0.1) is 0 Å². The molecule has 4 heteroatoms. The van der Waals surface area contributed by atoms with Gasteiger partial charge in [0.1, 0.15) is 5.75 Å². The van der Waals surface area contributed by atoms with E-state index in [1.54, 1.807) is 7.11 Å². The number of rotatable bonds is 18. The van der Waals surface area contributed by atoms with Crippen molar-refractivity contribution in [2.24, 2.45) is 0 Å². The highest BCUT2D eigenvalue weighted by molar-refractivity contribution is 6.17. The molecule has 0 amide bonds. The van der Waals surface area contributed by atoms with Crippen LogP contribution in [-0.2, 0) is 0 Å². The molecule has 0 bridgehead atoms. The van der Waals surface area contributed by atoms with Crippen molar-refractivity contribution < 1.29 is 14.2 Å². The van der Waals surface area contributed by atoms with Crippen molar-refractivity contribution in [1.82, 2.24) is 0 Å². The zero-order valence-corrected chi connectivity index (χ0v) is 20.4. The van der Waals surface area contributed by atoms with Crippen molar-refractivity contribution in [1.29, 1.82) is 0 Å². The molecule has 0 unspecified atom stereocenters. The van der Waals surface area contributed by atoms with E-state index in [2.05, 4.69) is 25.1 Å². The molecule has 0 aliphatic carbocycles. The first-order chi connectivity index (χ1) is 15.3. The maximum Gasteiger partial charge on any atom is 0.169 e. The molecule has 0 atom stereocenters. The Morgan fingerprint density at radius 2 is 1.26 bits per heavy atom. The van der Waals surface area contributed by atoms with Crippen molar-refractivity contribution in [2.75, 3.05) is 26.2 Å². The number of alkyl halides is 1. The molecule has 0 aliphatic heterocycles. The van der Waals surface area contributed by atoms with E-state index in [9.17, 15) is 0 Å². The molecule has 0 heterocycles. The molecule has 0 aromatic heterocycles. The third kappa shape index (κ3) is 9.19. The predicted molar refractivity (Wildman–Crippen MR) is 133 cm³/mol. The molecule has 174 valence electrons. The van der Waals surface area contributed by atoms with Gasteiger partial charge in [-0.1, -0.05) is 89.0 Å². The van der Waals surface area contributed by atoms with Gasteiger partial charge in [0.15, 0.2) is 11.5 Å². The fourth-order valence-corrected chi connectivity index (χ4v) is 4.04. The number of fused-ring (bicyclic) bond motifs is 1. The summed E-state index contributed by atoms with van der Waals surface area (Å²) in [5.41, 5.74) is 0. The third-order valence-corrected chi connectivity index (χ3v) is 5.94. The number of hydrogen-bond acceptors (Lipinski definition) is 3. The van der Waals surface area contributed by atoms with Crippen molar-refractivity contribution in [3.05, 3.63) is 30.3 Å². The van der Waals surface area contributed by atoms with Crippen LogP contribution in [0.4, 0.5) is 0 Å². The first-order valence-corrected chi connectivity index (χ1v) is 12.8. The minimum Gasteiger partial charge on any atom is -0.493 e. The number of ether oxygens (including phenoxy) is 3. The highest BCUT2D eigenvalue weighted by Gasteiger charge is 2.15. The molecular weight excluding hydrogens is 408 g/mol. The van der Waals surface area contributed by atoms with Crippen molar-refractivity contribution in [3.63, 3.8) is 0 Å². The van der Waals surface area contributed by atoms with E-state index in [0.717, 1.165) is 66.4 Å². The second-order valence-corrected chi connectivity index (χ2v) is 8.60. The van der Waals surface area contributed by atoms with E-state index in [0.29, 0.717) is 0 Å². The lowest BCUT2D eigenvalue weighted by molar-refractivity contribution is 0.283. The van der Waals surface area contributed by atoms with Gasteiger partial charge in [0.25, 0.3) is 0 Å². The van der Waals surface area contributed by atoms with Gasteiger partial charge >= 0.3 is 0 Å². The number of halogens is 1. The molecule has 0 saturated heterocycles. The fraction of sp³-hybridized carbons (Fsp3) is 0.630. The van der Waals surface area contributed by atoms with E-state index >= 15 is 0 Å². The summed E-state index contributed by atoms with van der Waals surface area (Å²) in [4.78, 5) is 0. The normalized spacial score (nSPS) is 11.1. The Balaban J connectivity index is 1.92. The van der Waals surface area contributed by atoms with Crippen LogP contribution in [0.5, 0.6) is 17.2 Å². The van der Waals surface area contributed by atoms with Gasteiger partial charge in [0, 0.05) is 22.7 Å². The third-order valence-electron chi connectivity index (χ3n) is 5.67. The Labute approximate surface area is 194 Å². The summed E-state index contributed by atoms with van der Waals surface area (Å²) in [6, 6.07) is 10.3. The van der Waals surface area contributed by atoms with Gasteiger partial charge in [-0.3, -0.25) is 0 Å². The topological polar surface area (TPSA) is 27.7 Å². The maximum atomic E-state index is 6.20. The smallest absolute Gasteiger partial charge is 0.169 e. The van der Waals surface area contributed by atoms with Gasteiger partial charge in [0.05, 0.1) is 20.3 Å². The minimum absolute atomic E-state index is 0.719. The van der Waals surface area contributed by atoms with E-state index in [-0.39, 0.29) is 0 Å². The Hall–Kier alpha value is -1.61. The highest BCUT2D eigenvalue weighted by atomic mass is 35.5. The first kappa shape index (κ1) is 25.6. The van der Waals surface area contributed by atoms with Gasteiger partial charge in [-0.05, 0) is 19.3 Å². The molecule has 2 aromatic rings. The van der Waals surface area contributed by atoms with Crippen LogP contribution in [0.1, 0.15) is 84.0 Å². The molecule has 0 aliphatic rings. The quantitative estimate of drug-likeness (QED) is 0.169. The summed E-state index contributed by atoms with van der Waals surface area (Å²) in [6.45, 7) is 3.69. The molecule has 2 aromatic carbocycles. The van der Waals surface area contributed by atoms with Crippen LogP contribution in [0.25, 0.3) is 10.8 Å². The number of hydrogen-bond donors (Lipinski definition) is 0. The van der Waals surface area contributed by atoms with Crippen molar-refractivity contribution in [2.45, 2.75) is 84.0 Å². The van der Waals surface area contributed by atoms with Crippen LogP contribution < -0.4 is 14.2 Å². The largest absolute Gasteiger partial charge is 0.493 e. The maximum absolute atomic E-state index is 6.20. The average molecular weight is 449 g/mol. The first-order valence-electron chi connectivity index (χ1n) is 12.2. The van der Waals surface area contributed by atoms with E-state index in [4.69, 9.17) is 25.8 Å². The highest BCUT2D eigenvalue weighted by Crippen LogP contribution is 2.41. The number of benzene rings is 2. The second-order valence-electron chi connectivity index (χ2n) is 8.23. The fourth-order valence-electron chi connectivity index (χ4n) is 3.85. The molecule has 31 heavy (non-hydrogen) atoms. The standard InChI is InChI=1S/C27H41ClO3/c1-3-4-5-6-10-16-21-31-27-24-18-13-12-17-23(24)25(22-26(27)29-2)30-20-15-11-8-7-9-14-19-28/h12-13,17-18,22H,3-11,14-16,19-21H2,1-2H3. The molecule has 0 radical (unpaired) electrons. The van der Waals surface area contributed by atoms with Crippen molar-refractivity contribution in [3.8, 4) is 17.2 Å². The zero-order chi connectivity index (χ0) is 22.2. The van der Waals surface area contributed by atoms with Crippen LogP contribution in [0.15, 0.2) is 30.3 Å². The molecule has 2 rings (SSSR count). The average Bonchev–Trinajstić information content (AvgIpc) is 2.80. The molecule has 0 saturated carbocycles. The van der Waals surface area contributed by atoms with Crippen LogP contribution >= 0.6 is 11.6 Å². The van der Waals surface area contributed by atoms with Crippen LogP contribution in [0.3, 0.4) is 0 Å². The lowest BCUT2D eigenvalue weighted by Gasteiger charge is -2.17. The predicted octanol–water partition coefficient (Wildman–Crippen LogP) is 8.55. The van der Waals surface area contributed by atoms with Gasteiger partial charge < -0.3 is 14.2 Å². The molecule has 3 nitrogen and oxygen atoms in total. The molecule has 0 fully saturated rings. The lowest BCUT2D eigenvalue weighted by atomic mass is 10.1. The summed E-state index contributed by atoms with van der Waals surface area (Å²) in [5.74, 6) is 3.23.